The van der Waals surface area contributed by atoms with E-state index in [-0.39, 0.29) is 17.3 Å². The van der Waals surface area contributed by atoms with Gasteiger partial charge in [0.25, 0.3) is 5.56 Å². The second-order valence-electron chi connectivity index (χ2n) is 4.00. The molecule has 5 heteroatoms. The van der Waals surface area contributed by atoms with E-state index >= 15 is 0 Å². The Morgan fingerprint density at radius 2 is 2.38 bits per heavy atom. The molecule has 0 saturated heterocycles. The predicted octanol–water partition coefficient (Wildman–Crippen LogP) is 0.927. The van der Waals surface area contributed by atoms with E-state index in [4.69, 9.17) is 0 Å². The molecule has 0 radical (unpaired) electrons. The van der Waals surface area contributed by atoms with E-state index in [0.29, 0.717) is 5.82 Å². The molecule has 2 rings (SSSR count). The minimum absolute atomic E-state index is 0.104. The third kappa shape index (κ3) is 1.73. The van der Waals surface area contributed by atoms with Crippen molar-refractivity contribution in [2.45, 2.75) is 32.2 Å². The van der Waals surface area contributed by atoms with Gasteiger partial charge in [0.05, 0.1) is 7.11 Å². The summed E-state index contributed by atoms with van der Waals surface area (Å²) in [6, 6.07) is 1.41. The lowest BCUT2D eigenvalue weighted by atomic mass is 10.1. The molecule has 1 aromatic rings. The Balaban J connectivity index is 2.54. The molecule has 0 amide bonds. The van der Waals surface area contributed by atoms with Crippen molar-refractivity contribution in [1.29, 1.82) is 0 Å². The van der Waals surface area contributed by atoms with Crippen LogP contribution in [-0.2, 0) is 11.2 Å². The Kier molecular flexibility index (Phi) is 2.77. The van der Waals surface area contributed by atoms with Gasteiger partial charge in [0.2, 0.25) is 0 Å². The summed E-state index contributed by atoms with van der Waals surface area (Å²) in [5.74, 6) is 0.130. The third-order valence-electron chi connectivity index (χ3n) is 2.88. The summed E-state index contributed by atoms with van der Waals surface area (Å²) in [4.78, 5) is 27.3. The summed E-state index contributed by atoms with van der Waals surface area (Å²) in [6.07, 6.45) is 2.72. The number of carbonyl (C=O) groups is 1. The van der Waals surface area contributed by atoms with Crippen molar-refractivity contribution in [3.05, 3.63) is 27.9 Å². The van der Waals surface area contributed by atoms with Crippen LogP contribution in [-0.4, -0.2) is 22.6 Å². The third-order valence-corrected chi connectivity index (χ3v) is 2.88. The Morgan fingerprint density at radius 1 is 1.62 bits per heavy atom. The fraction of sp³-hybridized carbons (Fsp3) is 0.545. The minimum Gasteiger partial charge on any atom is -0.464 e. The van der Waals surface area contributed by atoms with Gasteiger partial charge in [-0.3, -0.25) is 9.36 Å². The molecule has 0 bridgehead atoms. The Morgan fingerprint density at radius 3 is 3.06 bits per heavy atom. The summed E-state index contributed by atoms with van der Waals surface area (Å²) < 4.78 is 6.22. The molecule has 0 spiro atoms. The van der Waals surface area contributed by atoms with E-state index in [9.17, 15) is 9.59 Å². The van der Waals surface area contributed by atoms with Crippen LogP contribution in [0.3, 0.4) is 0 Å². The first-order valence-corrected chi connectivity index (χ1v) is 5.34. The van der Waals surface area contributed by atoms with Crippen molar-refractivity contribution >= 4 is 5.97 Å². The summed E-state index contributed by atoms with van der Waals surface area (Å²) in [5, 5.41) is 0. The molecule has 5 nitrogen and oxygen atoms in total. The monoisotopic (exact) mass is 222 g/mol. The highest BCUT2D eigenvalue weighted by molar-refractivity contribution is 5.86. The SMILES string of the molecule is COC(=O)c1cc(=O)n2c(n1)CCCC2C. The molecule has 1 atom stereocenters. The molecule has 1 unspecified atom stereocenters. The molecule has 86 valence electrons. The standard InChI is InChI=1S/C11H14N2O3/c1-7-4-3-5-9-12-8(11(15)16-2)6-10(14)13(7)9/h6-7H,3-5H2,1-2H3. The van der Waals surface area contributed by atoms with Crippen molar-refractivity contribution in [3.8, 4) is 0 Å². The molecule has 0 N–H and O–H groups in total. The molecule has 1 aliphatic rings. The summed E-state index contributed by atoms with van der Waals surface area (Å²) in [7, 11) is 1.28. The number of hydrogen-bond acceptors (Lipinski definition) is 4. The predicted molar refractivity (Wildman–Crippen MR) is 57.5 cm³/mol. The highest BCUT2D eigenvalue weighted by atomic mass is 16.5. The lowest BCUT2D eigenvalue weighted by molar-refractivity contribution is 0.0592. The Labute approximate surface area is 93.1 Å². The number of fused-ring (bicyclic) bond motifs is 1. The van der Waals surface area contributed by atoms with E-state index in [2.05, 4.69) is 9.72 Å². The first kappa shape index (κ1) is 10.9. The Hall–Kier alpha value is -1.65. The van der Waals surface area contributed by atoms with Gasteiger partial charge in [-0.1, -0.05) is 0 Å². The van der Waals surface area contributed by atoms with Crippen molar-refractivity contribution in [3.63, 3.8) is 0 Å². The summed E-state index contributed by atoms with van der Waals surface area (Å²) in [5.41, 5.74) is -0.0644. The molecule has 16 heavy (non-hydrogen) atoms. The maximum Gasteiger partial charge on any atom is 0.356 e. The first-order valence-electron chi connectivity index (χ1n) is 5.34. The number of hydrogen-bond donors (Lipinski definition) is 0. The van der Waals surface area contributed by atoms with Crippen LogP contribution in [0.4, 0.5) is 0 Å². The molecule has 0 aliphatic carbocycles. The molecule has 2 heterocycles. The number of rotatable bonds is 1. The van der Waals surface area contributed by atoms with Gasteiger partial charge in [0.15, 0.2) is 5.69 Å². The second kappa shape index (κ2) is 4.08. The van der Waals surface area contributed by atoms with Crippen LogP contribution in [0.25, 0.3) is 0 Å². The molecular formula is C11H14N2O3. The zero-order valence-electron chi connectivity index (χ0n) is 9.40. The van der Waals surface area contributed by atoms with Gasteiger partial charge in [0.1, 0.15) is 5.82 Å². The molecule has 0 saturated carbocycles. The van der Waals surface area contributed by atoms with Gasteiger partial charge in [-0.15, -0.1) is 0 Å². The van der Waals surface area contributed by atoms with Crippen LogP contribution in [0, 0.1) is 0 Å². The number of aryl methyl sites for hydroxylation is 1. The summed E-state index contributed by atoms with van der Waals surface area (Å²) in [6.45, 7) is 1.99. The van der Waals surface area contributed by atoms with Gasteiger partial charge < -0.3 is 4.74 Å². The number of aromatic nitrogens is 2. The maximum absolute atomic E-state index is 11.8. The van der Waals surface area contributed by atoms with Crippen LogP contribution < -0.4 is 5.56 Å². The van der Waals surface area contributed by atoms with Crippen LogP contribution in [0.2, 0.25) is 0 Å². The van der Waals surface area contributed by atoms with E-state index in [1.165, 1.54) is 13.2 Å². The number of nitrogens with zero attached hydrogens (tertiary/aromatic N) is 2. The largest absolute Gasteiger partial charge is 0.464 e. The van der Waals surface area contributed by atoms with E-state index in [0.717, 1.165) is 19.3 Å². The normalized spacial score (nSPS) is 19.0. The zero-order chi connectivity index (χ0) is 11.7. The zero-order valence-corrected chi connectivity index (χ0v) is 9.40. The fourth-order valence-electron chi connectivity index (χ4n) is 2.08. The molecule has 1 aliphatic heterocycles. The fourth-order valence-corrected chi connectivity index (χ4v) is 2.08. The van der Waals surface area contributed by atoms with Gasteiger partial charge in [-0.2, -0.15) is 0 Å². The smallest absolute Gasteiger partial charge is 0.356 e. The maximum atomic E-state index is 11.8. The molecule has 1 aromatic heterocycles. The Bertz CT molecular complexity index is 479. The highest BCUT2D eigenvalue weighted by Crippen LogP contribution is 2.20. The van der Waals surface area contributed by atoms with Gasteiger partial charge in [-0.05, 0) is 19.8 Å². The first-order chi connectivity index (χ1) is 7.63. The van der Waals surface area contributed by atoms with Crippen molar-refractivity contribution < 1.29 is 9.53 Å². The quantitative estimate of drug-likeness (QED) is 0.663. The van der Waals surface area contributed by atoms with Crippen LogP contribution in [0.15, 0.2) is 10.9 Å². The minimum atomic E-state index is -0.557. The molecule has 0 aromatic carbocycles. The topological polar surface area (TPSA) is 61.2 Å². The molecular weight excluding hydrogens is 208 g/mol. The lowest BCUT2D eigenvalue weighted by Crippen LogP contribution is -2.32. The summed E-state index contributed by atoms with van der Waals surface area (Å²) >= 11 is 0. The van der Waals surface area contributed by atoms with Gasteiger partial charge in [0, 0.05) is 18.5 Å². The highest BCUT2D eigenvalue weighted by Gasteiger charge is 2.20. The van der Waals surface area contributed by atoms with Crippen LogP contribution in [0.1, 0.15) is 42.1 Å². The van der Waals surface area contributed by atoms with Crippen molar-refractivity contribution in [2.75, 3.05) is 7.11 Å². The van der Waals surface area contributed by atoms with Gasteiger partial charge >= 0.3 is 5.97 Å². The van der Waals surface area contributed by atoms with Crippen molar-refractivity contribution in [2.24, 2.45) is 0 Å². The van der Waals surface area contributed by atoms with Crippen LogP contribution in [0.5, 0.6) is 0 Å². The second-order valence-corrected chi connectivity index (χ2v) is 4.00. The average Bonchev–Trinajstić information content (AvgIpc) is 2.27. The number of methoxy groups -OCH3 is 1. The van der Waals surface area contributed by atoms with Crippen LogP contribution >= 0.6 is 0 Å². The lowest BCUT2D eigenvalue weighted by Gasteiger charge is -2.23. The van der Waals surface area contributed by atoms with E-state index < -0.39 is 5.97 Å². The molecule has 0 fully saturated rings. The average molecular weight is 222 g/mol. The van der Waals surface area contributed by atoms with E-state index in [1.54, 1.807) is 4.57 Å². The van der Waals surface area contributed by atoms with Gasteiger partial charge in [-0.25, -0.2) is 9.78 Å². The number of esters is 1. The number of ether oxygens (including phenoxy) is 1. The van der Waals surface area contributed by atoms with Crippen molar-refractivity contribution in [1.82, 2.24) is 9.55 Å². The van der Waals surface area contributed by atoms with E-state index in [1.807, 2.05) is 6.92 Å². The number of carbonyl (C=O) groups excluding carboxylic acids is 1.